The Bertz CT molecular complexity index is 1490. The Hall–Kier alpha value is -3.11. The van der Waals surface area contributed by atoms with Crippen molar-refractivity contribution in [2.24, 2.45) is 0 Å². The van der Waals surface area contributed by atoms with Crippen LogP contribution in [0.2, 0.25) is 5.02 Å². The van der Waals surface area contributed by atoms with Gasteiger partial charge in [-0.3, -0.25) is 4.79 Å². The summed E-state index contributed by atoms with van der Waals surface area (Å²) in [5.41, 5.74) is 3.93. The summed E-state index contributed by atoms with van der Waals surface area (Å²) >= 11 is 8.50. The summed E-state index contributed by atoms with van der Waals surface area (Å²) < 4.78 is 8.10. The molecule has 164 valence electrons. The number of nitrogens with zero attached hydrogens (tertiary/aromatic N) is 5. The van der Waals surface area contributed by atoms with E-state index in [0.29, 0.717) is 23.1 Å². The second-order valence-electron chi connectivity index (χ2n) is 7.37. The number of esters is 1. The van der Waals surface area contributed by atoms with E-state index in [1.54, 1.807) is 11.4 Å². The van der Waals surface area contributed by atoms with E-state index < -0.39 is 5.92 Å². The number of hydrogen-bond donors (Lipinski definition) is 0. The first-order valence-electron chi connectivity index (χ1n) is 10.2. The highest BCUT2D eigenvalue weighted by atomic mass is 127. The van der Waals surface area contributed by atoms with Gasteiger partial charge in [0.05, 0.1) is 17.8 Å². The van der Waals surface area contributed by atoms with Gasteiger partial charge in [0.1, 0.15) is 5.92 Å². The molecule has 0 spiro atoms. The van der Waals surface area contributed by atoms with E-state index in [9.17, 15) is 4.79 Å². The molecular weight excluding hydrogens is 553 g/mol. The number of hydrogen-bond acceptors (Lipinski definition) is 6. The summed E-state index contributed by atoms with van der Waals surface area (Å²) in [6, 6.07) is 21.1. The summed E-state index contributed by atoms with van der Waals surface area (Å²) in [4.78, 5) is 17.7. The van der Waals surface area contributed by atoms with Crippen LogP contribution in [-0.4, -0.2) is 37.6 Å². The van der Waals surface area contributed by atoms with Crippen LogP contribution in [0.3, 0.4) is 0 Å². The SMILES string of the molecule is CCOC(=O)C(c1ccc(I)cc1)c1ccc2c(c1)c(-c1cccc(Cl)c1)nc1nnnn12. The monoisotopic (exact) mass is 569 g/mol. The molecule has 9 heteroatoms. The van der Waals surface area contributed by atoms with Crippen molar-refractivity contribution in [1.82, 2.24) is 25.0 Å². The van der Waals surface area contributed by atoms with Crippen LogP contribution in [0.4, 0.5) is 0 Å². The molecule has 0 radical (unpaired) electrons. The molecule has 0 aliphatic heterocycles. The number of aromatic nitrogens is 5. The fourth-order valence-corrected chi connectivity index (χ4v) is 4.43. The normalized spacial score (nSPS) is 12.2. The summed E-state index contributed by atoms with van der Waals surface area (Å²) in [6.45, 7) is 2.10. The molecule has 7 nitrogen and oxygen atoms in total. The Morgan fingerprint density at radius 3 is 2.64 bits per heavy atom. The fourth-order valence-electron chi connectivity index (χ4n) is 3.88. The lowest BCUT2D eigenvalue weighted by Crippen LogP contribution is -2.17. The van der Waals surface area contributed by atoms with Gasteiger partial charge < -0.3 is 4.74 Å². The largest absolute Gasteiger partial charge is 0.465 e. The third-order valence-electron chi connectivity index (χ3n) is 5.33. The molecule has 0 aliphatic rings. The molecule has 33 heavy (non-hydrogen) atoms. The quantitative estimate of drug-likeness (QED) is 0.211. The Morgan fingerprint density at radius 2 is 1.88 bits per heavy atom. The molecule has 0 bridgehead atoms. The maximum atomic E-state index is 13.0. The van der Waals surface area contributed by atoms with Crippen molar-refractivity contribution in [3.63, 3.8) is 0 Å². The van der Waals surface area contributed by atoms with Crippen molar-refractivity contribution < 1.29 is 9.53 Å². The number of carbonyl (C=O) groups excluding carboxylic acids is 1. The molecule has 0 aliphatic carbocycles. The molecular formula is C24H17ClIN5O2. The number of benzene rings is 3. The predicted molar refractivity (Wildman–Crippen MR) is 134 cm³/mol. The number of ether oxygens (including phenoxy) is 1. The first-order chi connectivity index (χ1) is 16.0. The van der Waals surface area contributed by atoms with E-state index >= 15 is 0 Å². The van der Waals surface area contributed by atoms with Crippen molar-refractivity contribution >= 4 is 56.8 Å². The Morgan fingerprint density at radius 1 is 1.09 bits per heavy atom. The van der Waals surface area contributed by atoms with Crippen LogP contribution in [0.15, 0.2) is 66.7 Å². The highest BCUT2D eigenvalue weighted by Gasteiger charge is 2.25. The van der Waals surface area contributed by atoms with Crippen LogP contribution >= 0.6 is 34.2 Å². The third-order valence-corrected chi connectivity index (χ3v) is 6.28. The number of tetrazole rings is 1. The fraction of sp³-hybridized carbons (Fsp3) is 0.125. The molecule has 1 atom stereocenters. The van der Waals surface area contributed by atoms with E-state index in [4.69, 9.17) is 21.3 Å². The zero-order valence-corrected chi connectivity index (χ0v) is 20.4. The minimum atomic E-state index is -0.580. The van der Waals surface area contributed by atoms with Gasteiger partial charge in [0.15, 0.2) is 0 Å². The zero-order valence-electron chi connectivity index (χ0n) is 17.4. The number of rotatable bonds is 5. The average molecular weight is 570 g/mol. The number of fused-ring (bicyclic) bond motifs is 3. The molecule has 2 aromatic heterocycles. The number of halogens is 2. The third kappa shape index (κ3) is 4.16. The Kier molecular flexibility index (Phi) is 5.94. The average Bonchev–Trinajstić information content (AvgIpc) is 3.29. The maximum absolute atomic E-state index is 13.0. The summed E-state index contributed by atoms with van der Waals surface area (Å²) in [6.07, 6.45) is 0. The van der Waals surface area contributed by atoms with E-state index in [-0.39, 0.29) is 5.97 Å². The molecule has 0 amide bonds. The van der Waals surface area contributed by atoms with Crippen molar-refractivity contribution in [2.75, 3.05) is 6.61 Å². The Balaban J connectivity index is 1.76. The molecule has 1 unspecified atom stereocenters. The molecule has 0 fully saturated rings. The van der Waals surface area contributed by atoms with Crippen LogP contribution in [0.25, 0.3) is 27.9 Å². The lowest BCUT2D eigenvalue weighted by molar-refractivity contribution is -0.143. The van der Waals surface area contributed by atoms with Crippen molar-refractivity contribution in [1.29, 1.82) is 0 Å². The second kappa shape index (κ2) is 9.03. The van der Waals surface area contributed by atoms with Crippen molar-refractivity contribution in [3.8, 4) is 11.3 Å². The lowest BCUT2D eigenvalue weighted by atomic mass is 9.90. The van der Waals surface area contributed by atoms with Gasteiger partial charge in [-0.15, -0.1) is 0 Å². The van der Waals surface area contributed by atoms with Crippen LogP contribution in [0.1, 0.15) is 24.0 Å². The first-order valence-corrected chi connectivity index (χ1v) is 11.7. The van der Waals surface area contributed by atoms with Gasteiger partial charge in [-0.2, -0.15) is 4.52 Å². The van der Waals surface area contributed by atoms with E-state index in [2.05, 4.69) is 38.1 Å². The zero-order chi connectivity index (χ0) is 22.9. The summed E-state index contributed by atoms with van der Waals surface area (Å²) in [5, 5.41) is 13.3. The van der Waals surface area contributed by atoms with Gasteiger partial charge in [-0.05, 0) is 87.5 Å². The van der Waals surface area contributed by atoms with E-state index in [1.165, 1.54) is 0 Å². The van der Waals surface area contributed by atoms with Gasteiger partial charge in [0, 0.05) is 19.5 Å². The standard InChI is InChI=1S/C24H17ClIN5O2/c1-2-33-23(32)21(14-6-9-18(26)10-7-14)15-8-11-20-19(13-15)22(16-4-3-5-17(25)12-16)27-24-28-29-30-31(20)24/h3-13,21H,2H2,1H3. The highest BCUT2D eigenvalue weighted by Crippen LogP contribution is 2.34. The highest BCUT2D eigenvalue weighted by molar-refractivity contribution is 14.1. The van der Waals surface area contributed by atoms with Gasteiger partial charge in [0.25, 0.3) is 5.78 Å². The van der Waals surface area contributed by atoms with Crippen LogP contribution < -0.4 is 0 Å². The second-order valence-corrected chi connectivity index (χ2v) is 9.06. The number of carbonyl (C=O) groups is 1. The molecule has 0 saturated heterocycles. The molecule has 5 rings (SSSR count). The minimum Gasteiger partial charge on any atom is -0.465 e. The van der Waals surface area contributed by atoms with E-state index in [1.807, 2.05) is 66.7 Å². The molecule has 3 aromatic carbocycles. The predicted octanol–water partition coefficient (Wildman–Crippen LogP) is 5.29. The molecule has 2 heterocycles. The summed E-state index contributed by atoms with van der Waals surface area (Å²) in [5.74, 6) is -0.508. The molecule has 0 N–H and O–H groups in total. The summed E-state index contributed by atoms with van der Waals surface area (Å²) in [7, 11) is 0. The van der Waals surface area contributed by atoms with Crippen LogP contribution in [0, 0.1) is 3.57 Å². The first kappa shape index (κ1) is 21.7. The molecule has 0 saturated carbocycles. The van der Waals surface area contributed by atoms with Gasteiger partial charge >= 0.3 is 5.97 Å². The maximum Gasteiger partial charge on any atom is 0.317 e. The van der Waals surface area contributed by atoms with Crippen LogP contribution in [0.5, 0.6) is 0 Å². The van der Waals surface area contributed by atoms with Crippen LogP contribution in [-0.2, 0) is 9.53 Å². The smallest absolute Gasteiger partial charge is 0.317 e. The minimum absolute atomic E-state index is 0.299. The topological polar surface area (TPSA) is 82.3 Å². The van der Waals surface area contributed by atoms with Gasteiger partial charge in [-0.25, -0.2) is 4.98 Å². The lowest BCUT2D eigenvalue weighted by Gasteiger charge is -2.18. The van der Waals surface area contributed by atoms with Crippen molar-refractivity contribution in [2.45, 2.75) is 12.8 Å². The van der Waals surface area contributed by atoms with Crippen molar-refractivity contribution in [3.05, 3.63) is 86.4 Å². The van der Waals surface area contributed by atoms with Gasteiger partial charge in [-0.1, -0.05) is 47.0 Å². The van der Waals surface area contributed by atoms with E-state index in [0.717, 1.165) is 31.2 Å². The Labute approximate surface area is 207 Å². The van der Waals surface area contributed by atoms with Gasteiger partial charge in [0.2, 0.25) is 0 Å². The molecule has 5 aromatic rings.